The molecule has 0 N–H and O–H groups in total. The molecule has 6 heteroatoms. The van der Waals surface area contributed by atoms with Crippen LogP contribution in [0.15, 0.2) is 18.2 Å². The van der Waals surface area contributed by atoms with Gasteiger partial charge in [-0.1, -0.05) is 22.0 Å². The number of hydrogen-bond donors (Lipinski definition) is 0. The van der Waals surface area contributed by atoms with Crippen LogP contribution in [0.4, 0.5) is 5.69 Å². The number of halogens is 1. The lowest BCUT2D eigenvalue weighted by atomic mass is 10.1. The van der Waals surface area contributed by atoms with E-state index in [4.69, 9.17) is 4.74 Å². The van der Waals surface area contributed by atoms with E-state index in [-0.39, 0.29) is 22.0 Å². The van der Waals surface area contributed by atoms with Gasteiger partial charge in [-0.15, -0.1) is 0 Å². The van der Waals surface area contributed by atoms with Crippen molar-refractivity contribution in [2.24, 2.45) is 0 Å². The number of rotatable bonds is 5. The first kappa shape index (κ1) is 13.6. The van der Waals surface area contributed by atoms with E-state index in [1.807, 2.05) is 0 Å². The lowest BCUT2D eigenvalue weighted by Gasteiger charge is -2.07. The highest BCUT2D eigenvalue weighted by Crippen LogP contribution is 2.28. The molecule has 0 bridgehead atoms. The molecule has 0 heterocycles. The second-order valence-corrected chi connectivity index (χ2v) is 4.65. The van der Waals surface area contributed by atoms with E-state index in [0.717, 1.165) is 5.56 Å². The third-order valence-electron chi connectivity index (χ3n) is 2.30. The first-order chi connectivity index (χ1) is 7.95. The lowest BCUT2D eigenvalue weighted by molar-refractivity contribution is -0.385. The molecule has 0 aliphatic carbocycles. The van der Waals surface area contributed by atoms with Crippen LogP contribution in [0.1, 0.15) is 12.5 Å². The maximum absolute atomic E-state index is 11.1. The standard InChI is InChI=1S/C11H12BrNO4/c1-7(14)9(12)5-8-3-4-11(17-2)10(6-8)13(15)16/h3-4,6,9H,5H2,1-2H3. The minimum Gasteiger partial charge on any atom is -0.490 e. The van der Waals surface area contributed by atoms with Crippen molar-refractivity contribution in [2.75, 3.05) is 7.11 Å². The van der Waals surface area contributed by atoms with Crippen LogP contribution in [0.3, 0.4) is 0 Å². The van der Waals surface area contributed by atoms with Crippen LogP contribution in [0, 0.1) is 10.1 Å². The van der Waals surface area contributed by atoms with Gasteiger partial charge in [-0.2, -0.15) is 0 Å². The van der Waals surface area contributed by atoms with Crippen LogP contribution in [-0.2, 0) is 11.2 Å². The summed E-state index contributed by atoms with van der Waals surface area (Å²) in [6, 6.07) is 4.67. The number of methoxy groups -OCH3 is 1. The number of hydrogen-bond acceptors (Lipinski definition) is 4. The number of Topliss-reactive ketones (excluding diaryl/α,β-unsaturated/α-hetero) is 1. The predicted molar refractivity (Wildman–Crippen MR) is 66.7 cm³/mol. The third-order valence-corrected chi connectivity index (χ3v) is 3.26. The number of carbonyl (C=O) groups is 1. The van der Waals surface area contributed by atoms with Gasteiger partial charge in [-0.3, -0.25) is 14.9 Å². The van der Waals surface area contributed by atoms with E-state index in [9.17, 15) is 14.9 Å². The van der Waals surface area contributed by atoms with Crippen molar-refractivity contribution in [2.45, 2.75) is 18.2 Å². The Morgan fingerprint density at radius 1 is 1.59 bits per heavy atom. The van der Waals surface area contributed by atoms with Crippen molar-refractivity contribution >= 4 is 27.4 Å². The summed E-state index contributed by atoms with van der Waals surface area (Å²) in [4.78, 5) is 21.1. The number of ketones is 1. The molecule has 1 aromatic rings. The molecular formula is C11H12BrNO4. The monoisotopic (exact) mass is 301 g/mol. The fourth-order valence-electron chi connectivity index (χ4n) is 1.36. The Balaban J connectivity index is 3.00. The van der Waals surface area contributed by atoms with Crippen molar-refractivity contribution in [1.82, 2.24) is 0 Å². The van der Waals surface area contributed by atoms with Crippen LogP contribution in [0.2, 0.25) is 0 Å². The molecule has 0 amide bonds. The molecular weight excluding hydrogens is 290 g/mol. The van der Waals surface area contributed by atoms with Crippen LogP contribution >= 0.6 is 15.9 Å². The van der Waals surface area contributed by atoms with Crippen molar-refractivity contribution in [3.05, 3.63) is 33.9 Å². The Morgan fingerprint density at radius 3 is 2.71 bits per heavy atom. The smallest absolute Gasteiger partial charge is 0.311 e. The number of benzene rings is 1. The zero-order chi connectivity index (χ0) is 13.0. The van der Waals surface area contributed by atoms with Crippen molar-refractivity contribution in [1.29, 1.82) is 0 Å². The van der Waals surface area contributed by atoms with Crippen molar-refractivity contribution < 1.29 is 14.5 Å². The molecule has 0 radical (unpaired) electrons. The van der Waals surface area contributed by atoms with Crippen LogP contribution in [0.25, 0.3) is 0 Å². The Bertz CT molecular complexity index is 447. The summed E-state index contributed by atoms with van der Waals surface area (Å²) in [7, 11) is 1.38. The van der Waals surface area contributed by atoms with Gasteiger partial charge in [0.05, 0.1) is 16.9 Å². The molecule has 17 heavy (non-hydrogen) atoms. The predicted octanol–water partition coefficient (Wildman–Crippen LogP) is 2.50. The Kier molecular flexibility index (Phi) is 4.62. The van der Waals surface area contributed by atoms with Gasteiger partial charge in [0.15, 0.2) is 5.75 Å². The zero-order valence-corrected chi connectivity index (χ0v) is 11.1. The SMILES string of the molecule is COc1ccc(CC(Br)C(C)=O)cc1[N+](=O)[O-]. The number of alkyl halides is 1. The first-order valence-corrected chi connectivity index (χ1v) is 5.83. The maximum Gasteiger partial charge on any atom is 0.311 e. The molecule has 1 unspecified atom stereocenters. The van der Waals surface area contributed by atoms with E-state index in [1.165, 1.54) is 26.2 Å². The summed E-state index contributed by atoms with van der Waals surface area (Å²) in [5.74, 6) is 0.205. The minimum absolute atomic E-state index is 0.0107. The van der Waals surface area contributed by atoms with E-state index in [2.05, 4.69) is 15.9 Å². The minimum atomic E-state index is -0.501. The van der Waals surface area contributed by atoms with E-state index < -0.39 is 4.92 Å². The Labute approximate surface area is 107 Å². The van der Waals surface area contributed by atoms with Gasteiger partial charge in [-0.05, 0) is 25.0 Å². The average molecular weight is 302 g/mol. The maximum atomic E-state index is 11.1. The third kappa shape index (κ3) is 3.52. The summed E-state index contributed by atoms with van der Waals surface area (Å²) in [6.45, 7) is 1.47. The Morgan fingerprint density at radius 2 is 2.24 bits per heavy atom. The molecule has 5 nitrogen and oxygen atoms in total. The Hall–Kier alpha value is -1.43. The molecule has 1 rings (SSSR count). The van der Waals surface area contributed by atoms with Gasteiger partial charge in [0.2, 0.25) is 0 Å². The van der Waals surface area contributed by atoms with Crippen LogP contribution in [0.5, 0.6) is 5.75 Å². The number of carbonyl (C=O) groups excluding carboxylic acids is 1. The quantitative estimate of drug-likeness (QED) is 0.476. The molecule has 0 aliphatic rings. The zero-order valence-electron chi connectivity index (χ0n) is 9.47. The van der Waals surface area contributed by atoms with Gasteiger partial charge >= 0.3 is 5.69 Å². The molecule has 92 valence electrons. The molecule has 0 aliphatic heterocycles. The van der Waals surface area contributed by atoms with E-state index in [0.29, 0.717) is 6.42 Å². The summed E-state index contributed by atoms with van der Waals surface area (Å²) in [5, 5.41) is 10.8. The molecule has 0 saturated heterocycles. The second-order valence-electron chi connectivity index (χ2n) is 3.55. The normalized spacial score (nSPS) is 11.9. The molecule has 1 aromatic carbocycles. The molecule has 0 fully saturated rings. The molecule has 0 spiro atoms. The van der Waals surface area contributed by atoms with Gasteiger partial charge in [0.25, 0.3) is 0 Å². The number of nitro groups is 1. The molecule has 0 saturated carbocycles. The summed E-state index contributed by atoms with van der Waals surface area (Å²) < 4.78 is 4.89. The highest BCUT2D eigenvalue weighted by atomic mass is 79.9. The van der Waals surface area contributed by atoms with E-state index in [1.54, 1.807) is 6.07 Å². The first-order valence-electron chi connectivity index (χ1n) is 4.91. The van der Waals surface area contributed by atoms with Gasteiger partial charge in [-0.25, -0.2) is 0 Å². The molecule has 1 atom stereocenters. The molecule has 0 aromatic heterocycles. The number of nitro benzene ring substituents is 1. The second kappa shape index (κ2) is 5.77. The van der Waals surface area contributed by atoms with Gasteiger partial charge in [0, 0.05) is 6.07 Å². The fourth-order valence-corrected chi connectivity index (χ4v) is 1.73. The fraction of sp³-hybridized carbons (Fsp3) is 0.364. The van der Waals surface area contributed by atoms with Gasteiger partial charge in [0.1, 0.15) is 5.78 Å². The topological polar surface area (TPSA) is 69.4 Å². The van der Waals surface area contributed by atoms with Crippen molar-refractivity contribution in [3.8, 4) is 5.75 Å². The number of nitrogens with zero attached hydrogens (tertiary/aromatic N) is 1. The largest absolute Gasteiger partial charge is 0.490 e. The summed E-state index contributed by atoms with van der Waals surface area (Å²) >= 11 is 3.23. The van der Waals surface area contributed by atoms with E-state index >= 15 is 0 Å². The van der Waals surface area contributed by atoms with Crippen LogP contribution < -0.4 is 4.74 Å². The van der Waals surface area contributed by atoms with Gasteiger partial charge < -0.3 is 4.74 Å². The van der Waals surface area contributed by atoms with Crippen molar-refractivity contribution in [3.63, 3.8) is 0 Å². The number of ether oxygens (including phenoxy) is 1. The lowest BCUT2D eigenvalue weighted by Crippen LogP contribution is -2.12. The summed E-state index contributed by atoms with van der Waals surface area (Å²) in [5.41, 5.74) is 0.628. The average Bonchev–Trinajstić information content (AvgIpc) is 2.28. The summed E-state index contributed by atoms with van der Waals surface area (Å²) in [6.07, 6.45) is 0.417. The highest BCUT2D eigenvalue weighted by Gasteiger charge is 2.17. The highest BCUT2D eigenvalue weighted by molar-refractivity contribution is 9.10. The van der Waals surface area contributed by atoms with Crippen LogP contribution in [-0.4, -0.2) is 22.6 Å².